The van der Waals surface area contributed by atoms with Crippen molar-refractivity contribution in [3.8, 4) is 11.5 Å². The third-order valence-corrected chi connectivity index (χ3v) is 4.39. The van der Waals surface area contributed by atoms with Gasteiger partial charge in [-0.1, -0.05) is 6.07 Å². The van der Waals surface area contributed by atoms with Crippen molar-refractivity contribution >= 4 is 5.78 Å². The van der Waals surface area contributed by atoms with E-state index >= 15 is 0 Å². The zero-order chi connectivity index (χ0) is 15.3. The molecular weight excluding hydrogens is 283 g/mol. The zero-order valence-corrected chi connectivity index (χ0v) is 12.1. The van der Waals surface area contributed by atoms with Gasteiger partial charge < -0.3 is 9.47 Å². The smallest absolute Gasteiger partial charge is 0.231 e. The van der Waals surface area contributed by atoms with Crippen LogP contribution in [0, 0.1) is 18.7 Å². The van der Waals surface area contributed by atoms with Crippen LogP contribution in [-0.2, 0) is 0 Å². The molecular formula is C18H15FO3. The molecule has 1 heterocycles. The molecule has 4 heteroatoms. The van der Waals surface area contributed by atoms with Gasteiger partial charge in [0.2, 0.25) is 6.79 Å². The molecule has 4 rings (SSSR count). The summed E-state index contributed by atoms with van der Waals surface area (Å²) in [5.41, 5.74) is 2.19. The summed E-state index contributed by atoms with van der Waals surface area (Å²) in [4.78, 5) is 12.5. The Morgan fingerprint density at radius 1 is 1.14 bits per heavy atom. The van der Waals surface area contributed by atoms with E-state index in [1.807, 2.05) is 18.2 Å². The Balaban J connectivity index is 1.54. The SMILES string of the molecule is Cc1cc(C(=O)[C@@H]2C[C@@H]2c2ccc3c(c2)OCO3)ccc1F. The molecule has 0 aromatic heterocycles. The Bertz CT molecular complexity index is 769. The number of aryl methyl sites for hydroxylation is 1. The first-order valence-corrected chi connectivity index (χ1v) is 7.33. The van der Waals surface area contributed by atoms with E-state index in [0.29, 0.717) is 11.1 Å². The highest BCUT2D eigenvalue weighted by Gasteiger charge is 2.44. The van der Waals surface area contributed by atoms with Crippen LogP contribution in [0.5, 0.6) is 11.5 Å². The topological polar surface area (TPSA) is 35.5 Å². The van der Waals surface area contributed by atoms with Crippen LogP contribution in [0.25, 0.3) is 0 Å². The number of hydrogen-bond acceptors (Lipinski definition) is 3. The predicted molar refractivity (Wildman–Crippen MR) is 78.9 cm³/mol. The molecule has 1 aliphatic heterocycles. The molecule has 2 atom stereocenters. The second-order valence-electron chi connectivity index (χ2n) is 5.89. The van der Waals surface area contributed by atoms with Crippen LogP contribution in [0.15, 0.2) is 36.4 Å². The van der Waals surface area contributed by atoms with Crippen molar-refractivity contribution in [3.05, 3.63) is 58.9 Å². The molecule has 1 saturated carbocycles. The molecule has 0 N–H and O–H groups in total. The molecule has 0 spiro atoms. The third-order valence-electron chi connectivity index (χ3n) is 4.39. The number of rotatable bonds is 3. The van der Waals surface area contributed by atoms with Gasteiger partial charge in [-0.2, -0.15) is 0 Å². The van der Waals surface area contributed by atoms with E-state index in [2.05, 4.69) is 0 Å². The van der Waals surface area contributed by atoms with Gasteiger partial charge >= 0.3 is 0 Å². The standard InChI is InChI=1S/C18H15FO3/c1-10-6-12(2-4-15(10)19)18(20)14-8-13(14)11-3-5-16-17(7-11)22-9-21-16/h2-7,13-14H,8-9H2,1H3/t13-,14-/m1/s1. The van der Waals surface area contributed by atoms with Gasteiger partial charge in [-0.05, 0) is 60.7 Å². The van der Waals surface area contributed by atoms with Gasteiger partial charge in [0, 0.05) is 11.5 Å². The molecule has 3 nitrogen and oxygen atoms in total. The van der Waals surface area contributed by atoms with Gasteiger partial charge in [-0.15, -0.1) is 0 Å². The molecule has 0 radical (unpaired) electrons. The van der Waals surface area contributed by atoms with Crippen LogP contribution in [0.1, 0.15) is 33.8 Å². The minimum atomic E-state index is -0.278. The average Bonchev–Trinajstić information content (AvgIpc) is 3.18. The van der Waals surface area contributed by atoms with E-state index in [1.54, 1.807) is 19.1 Å². The van der Waals surface area contributed by atoms with Crippen molar-refractivity contribution in [1.82, 2.24) is 0 Å². The second-order valence-corrected chi connectivity index (χ2v) is 5.89. The Kier molecular flexibility index (Phi) is 2.93. The number of fused-ring (bicyclic) bond motifs is 1. The fraction of sp³-hybridized carbons (Fsp3) is 0.278. The number of halogens is 1. The van der Waals surface area contributed by atoms with Crippen LogP contribution in [0.2, 0.25) is 0 Å². The van der Waals surface area contributed by atoms with Crippen LogP contribution in [0.3, 0.4) is 0 Å². The molecule has 2 aromatic rings. The minimum absolute atomic E-state index is 0.0229. The number of benzene rings is 2. The van der Waals surface area contributed by atoms with Crippen molar-refractivity contribution in [3.63, 3.8) is 0 Å². The van der Waals surface area contributed by atoms with Crippen LogP contribution in [0.4, 0.5) is 4.39 Å². The summed E-state index contributed by atoms with van der Waals surface area (Å²) < 4.78 is 24.0. The average molecular weight is 298 g/mol. The number of hydrogen-bond donors (Lipinski definition) is 0. The first-order valence-electron chi connectivity index (χ1n) is 7.33. The van der Waals surface area contributed by atoms with E-state index in [9.17, 15) is 9.18 Å². The maximum atomic E-state index is 13.3. The van der Waals surface area contributed by atoms with Gasteiger partial charge in [-0.3, -0.25) is 4.79 Å². The van der Waals surface area contributed by atoms with Gasteiger partial charge in [0.25, 0.3) is 0 Å². The molecule has 0 amide bonds. The molecule has 1 aliphatic carbocycles. The lowest BCUT2D eigenvalue weighted by atomic mass is 10.0. The quantitative estimate of drug-likeness (QED) is 0.807. The molecule has 2 aliphatic rings. The largest absolute Gasteiger partial charge is 0.454 e. The fourth-order valence-corrected chi connectivity index (χ4v) is 3.01. The highest BCUT2D eigenvalue weighted by atomic mass is 19.1. The molecule has 112 valence electrons. The van der Waals surface area contributed by atoms with Gasteiger partial charge in [0.1, 0.15) is 5.82 Å². The lowest BCUT2D eigenvalue weighted by molar-refractivity contribution is 0.0965. The third kappa shape index (κ3) is 2.15. The first-order chi connectivity index (χ1) is 10.6. The Morgan fingerprint density at radius 3 is 2.77 bits per heavy atom. The zero-order valence-electron chi connectivity index (χ0n) is 12.1. The van der Waals surface area contributed by atoms with E-state index in [-0.39, 0.29) is 30.2 Å². The second kappa shape index (κ2) is 4.83. The fourth-order valence-electron chi connectivity index (χ4n) is 3.01. The first kappa shape index (κ1) is 13.3. The highest BCUT2D eigenvalue weighted by molar-refractivity contribution is 6.00. The van der Waals surface area contributed by atoms with E-state index in [4.69, 9.17) is 9.47 Å². The molecule has 0 bridgehead atoms. The molecule has 22 heavy (non-hydrogen) atoms. The lowest BCUT2D eigenvalue weighted by Crippen LogP contribution is -2.04. The predicted octanol–water partition coefficient (Wildman–Crippen LogP) is 3.85. The number of carbonyl (C=O) groups is 1. The number of ether oxygens (including phenoxy) is 2. The van der Waals surface area contributed by atoms with Crippen molar-refractivity contribution in [2.75, 3.05) is 6.79 Å². The number of ketones is 1. The molecule has 0 saturated heterocycles. The van der Waals surface area contributed by atoms with E-state index < -0.39 is 0 Å². The summed E-state index contributed by atoms with van der Waals surface area (Å²) in [5.74, 6) is 1.50. The van der Waals surface area contributed by atoms with Gasteiger partial charge in [0.05, 0.1) is 0 Å². The molecule has 2 aromatic carbocycles. The summed E-state index contributed by atoms with van der Waals surface area (Å²) >= 11 is 0. The summed E-state index contributed by atoms with van der Waals surface area (Å²) in [6, 6.07) is 10.4. The van der Waals surface area contributed by atoms with E-state index in [1.165, 1.54) is 6.07 Å². The molecule has 0 unspecified atom stereocenters. The van der Waals surface area contributed by atoms with Crippen molar-refractivity contribution < 1.29 is 18.7 Å². The van der Waals surface area contributed by atoms with Crippen molar-refractivity contribution in [2.24, 2.45) is 5.92 Å². The summed E-state index contributed by atoms with van der Waals surface area (Å²) in [6.07, 6.45) is 0.828. The lowest BCUT2D eigenvalue weighted by Gasteiger charge is -2.04. The summed E-state index contributed by atoms with van der Waals surface area (Å²) in [5, 5.41) is 0. The summed E-state index contributed by atoms with van der Waals surface area (Å²) in [7, 11) is 0. The van der Waals surface area contributed by atoms with E-state index in [0.717, 1.165) is 23.5 Å². The monoisotopic (exact) mass is 298 g/mol. The number of carbonyl (C=O) groups excluding carboxylic acids is 1. The Hall–Kier alpha value is -2.36. The Labute approximate surface area is 127 Å². The summed E-state index contributed by atoms with van der Waals surface area (Å²) in [6.45, 7) is 1.93. The normalized spacial score (nSPS) is 21.7. The minimum Gasteiger partial charge on any atom is -0.454 e. The van der Waals surface area contributed by atoms with Gasteiger partial charge in [0.15, 0.2) is 17.3 Å². The molecule has 1 fully saturated rings. The highest BCUT2D eigenvalue weighted by Crippen LogP contribution is 2.51. The van der Waals surface area contributed by atoms with Crippen LogP contribution in [-0.4, -0.2) is 12.6 Å². The van der Waals surface area contributed by atoms with Crippen LogP contribution < -0.4 is 9.47 Å². The maximum absolute atomic E-state index is 13.3. The Morgan fingerprint density at radius 2 is 1.95 bits per heavy atom. The maximum Gasteiger partial charge on any atom is 0.231 e. The number of Topliss-reactive ketones (excluding diaryl/α,β-unsaturated/α-hetero) is 1. The van der Waals surface area contributed by atoms with Crippen molar-refractivity contribution in [2.45, 2.75) is 19.3 Å². The van der Waals surface area contributed by atoms with Crippen molar-refractivity contribution in [1.29, 1.82) is 0 Å². The van der Waals surface area contributed by atoms with Crippen LogP contribution >= 0.6 is 0 Å². The van der Waals surface area contributed by atoms with Gasteiger partial charge in [-0.25, -0.2) is 4.39 Å².